The summed E-state index contributed by atoms with van der Waals surface area (Å²) < 4.78 is 2.08. The number of piperazine rings is 1. The van der Waals surface area contributed by atoms with Crippen LogP contribution in [0.15, 0.2) is 18.7 Å². The fourth-order valence-electron chi connectivity index (χ4n) is 2.07. The molecule has 1 aromatic heterocycles. The summed E-state index contributed by atoms with van der Waals surface area (Å²) in [4.78, 5) is 19.3. The van der Waals surface area contributed by atoms with Crippen LogP contribution in [0.5, 0.6) is 0 Å². The van der Waals surface area contributed by atoms with Gasteiger partial charge in [-0.25, -0.2) is 4.98 Å². The molecule has 6 heteroatoms. The molecule has 2 rings (SSSR count). The van der Waals surface area contributed by atoms with Gasteiger partial charge in [-0.1, -0.05) is 0 Å². The van der Waals surface area contributed by atoms with Crippen molar-refractivity contribution in [2.24, 2.45) is 5.73 Å². The van der Waals surface area contributed by atoms with Gasteiger partial charge >= 0.3 is 0 Å². The first kappa shape index (κ1) is 12.1. The summed E-state index contributed by atoms with van der Waals surface area (Å²) >= 11 is 0. The molecule has 0 aromatic carbocycles. The van der Waals surface area contributed by atoms with E-state index in [1.165, 1.54) is 0 Å². The molecule has 1 amide bonds. The van der Waals surface area contributed by atoms with Gasteiger partial charge in [0.25, 0.3) is 0 Å². The molecule has 1 fully saturated rings. The Labute approximate surface area is 101 Å². The summed E-state index contributed by atoms with van der Waals surface area (Å²) in [5.74, 6) is -0.239. The van der Waals surface area contributed by atoms with E-state index in [-0.39, 0.29) is 5.91 Å². The highest BCUT2D eigenvalue weighted by atomic mass is 16.1. The van der Waals surface area contributed by atoms with E-state index in [2.05, 4.69) is 19.4 Å². The first-order chi connectivity index (χ1) is 8.24. The predicted molar refractivity (Wildman–Crippen MR) is 64.3 cm³/mol. The Morgan fingerprint density at radius 2 is 1.88 bits per heavy atom. The number of carbonyl (C=O) groups is 1. The molecule has 1 saturated heterocycles. The topological polar surface area (TPSA) is 67.4 Å². The van der Waals surface area contributed by atoms with Crippen molar-refractivity contribution >= 4 is 5.91 Å². The van der Waals surface area contributed by atoms with E-state index in [0.717, 1.165) is 39.3 Å². The lowest BCUT2D eigenvalue weighted by Gasteiger charge is -2.33. The Bertz CT molecular complexity index is 343. The lowest BCUT2D eigenvalue weighted by molar-refractivity contribution is -0.119. The molecule has 0 aliphatic carbocycles. The number of carbonyl (C=O) groups excluding carboxylic acids is 1. The number of aromatic nitrogens is 2. The van der Waals surface area contributed by atoms with Gasteiger partial charge in [-0.15, -0.1) is 0 Å². The second kappa shape index (κ2) is 5.79. The van der Waals surface area contributed by atoms with Gasteiger partial charge in [-0.05, 0) is 0 Å². The van der Waals surface area contributed by atoms with Gasteiger partial charge in [0, 0.05) is 51.7 Å². The average molecular weight is 237 g/mol. The number of nitrogens with zero attached hydrogens (tertiary/aromatic N) is 4. The van der Waals surface area contributed by atoms with Gasteiger partial charge in [0.05, 0.1) is 12.9 Å². The molecule has 0 unspecified atom stereocenters. The summed E-state index contributed by atoms with van der Waals surface area (Å²) in [6.45, 7) is 6.23. The number of rotatable bonds is 5. The maximum absolute atomic E-state index is 10.8. The van der Waals surface area contributed by atoms with Crippen LogP contribution < -0.4 is 5.73 Å². The number of primary amides is 1. The Kier molecular flexibility index (Phi) is 4.11. The van der Waals surface area contributed by atoms with Crippen LogP contribution in [-0.4, -0.2) is 64.5 Å². The zero-order chi connectivity index (χ0) is 12.1. The highest BCUT2D eigenvalue weighted by Gasteiger charge is 2.17. The van der Waals surface area contributed by atoms with Crippen molar-refractivity contribution in [3.8, 4) is 0 Å². The Morgan fingerprint density at radius 1 is 1.18 bits per heavy atom. The summed E-state index contributed by atoms with van der Waals surface area (Å²) in [5, 5.41) is 0. The third-order valence-corrected chi connectivity index (χ3v) is 3.08. The fourth-order valence-corrected chi connectivity index (χ4v) is 2.07. The van der Waals surface area contributed by atoms with Crippen LogP contribution in [0.3, 0.4) is 0 Å². The average Bonchev–Trinajstić information content (AvgIpc) is 2.80. The molecule has 0 atom stereocenters. The van der Waals surface area contributed by atoms with E-state index in [4.69, 9.17) is 5.73 Å². The number of hydrogen-bond donors (Lipinski definition) is 1. The van der Waals surface area contributed by atoms with Crippen LogP contribution in [0.25, 0.3) is 0 Å². The molecule has 2 N–H and O–H groups in total. The van der Waals surface area contributed by atoms with Crippen molar-refractivity contribution in [2.45, 2.75) is 6.54 Å². The van der Waals surface area contributed by atoms with Crippen LogP contribution >= 0.6 is 0 Å². The molecule has 0 saturated carbocycles. The van der Waals surface area contributed by atoms with Crippen molar-refractivity contribution in [3.63, 3.8) is 0 Å². The zero-order valence-corrected chi connectivity index (χ0v) is 9.96. The quantitative estimate of drug-likeness (QED) is 0.712. The second-order valence-corrected chi connectivity index (χ2v) is 4.38. The summed E-state index contributed by atoms with van der Waals surface area (Å²) in [6.07, 6.45) is 5.61. The van der Waals surface area contributed by atoms with Crippen LogP contribution in [-0.2, 0) is 11.3 Å². The largest absolute Gasteiger partial charge is 0.369 e. The minimum atomic E-state index is -0.239. The van der Waals surface area contributed by atoms with E-state index in [1.54, 1.807) is 6.20 Å². The number of hydrogen-bond acceptors (Lipinski definition) is 4. The maximum Gasteiger partial charge on any atom is 0.231 e. The van der Waals surface area contributed by atoms with Crippen LogP contribution in [0.1, 0.15) is 0 Å². The van der Waals surface area contributed by atoms with Crippen molar-refractivity contribution in [1.82, 2.24) is 19.4 Å². The van der Waals surface area contributed by atoms with Crippen molar-refractivity contribution in [2.75, 3.05) is 39.3 Å². The maximum atomic E-state index is 10.8. The molecule has 1 aliphatic rings. The van der Waals surface area contributed by atoms with Crippen LogP contribution in [0.2, 0.25) is 0 Å². The Balaban J connectivity index is 1.67. The number of nitrogens with two attached hydrogens (primary N) is 1. The Hall–Kier alpha value is -1.40. The van der Waals surface area contributed by atoms with Gasteiger partial charge in [0.2, 0.25) is 5.91 Å². The standard InChI is InChI=1S/C11H19N5O/c12-11(17)9-15-6-3-14(4-7-15)5-8-16-2-1-13-10-16/h1-2,10H,3-9H2,(H2,12,17). The minimum Gasteiger partial charge on any atom is -0.369 e. The van der Waals surface area contributed by atoms with E-state index >= 15 is 0 Å². The van der Waals surface area contributed by atoms with Gasteiger partial charge in [-0.3, -0.25) is 14.6 Å². The minimum absolute atomic E-state index is 0.239. The molecule has 17 heavy (non-hydrogen) atoms. The van der Waals surface area contributed by atoms with Gasteiger partial charge in [0.1, 0.15) is 0 Å². The number of imidazole rings is 1. The van der Waals surface area contributed by atoms with Crippen LogP contribution in [0, 0.1) is 0 Å². The molecule has 0 bridgehead atoms. The third-order valence-electron chi connectivity index (χ3n) is 3.08. The van der Waals surface area contributed by atoms with Gasteiger partial charge in [0.15, 0.2) is 0 Å². The molecular weight excluding hydrogens is 218 g/mol. The second-order valence-electron chi connectivity index (χ2n) is 4.38. The molecule has 0 radical (unpaired) electrons. The predicted octanol–water partition coefficient (Wildman–Crippen LogP) is -1.01. The van der Waals surface area contributed by atoms with Gasteiger partial charge in [-0.2, -0.15) is 0 Å². The molecule has 2 heterocycles. The molecular formula is C11H19N5O. The van der Waals surface area contributed by atoms with Crippen molar-refractivity contribution in [1.29, 1.82) is 0 Å². The van der Waals surface area contributed by atoms with Crippen molar-refractivity contribution in [3.05, 3.63) is 18.7 Å². The molecule has 1 aliphatic heterocycles. The highest BCUT2D eigenvalue weighted by Crippen LogP contribution is 2.01. The van der Waals surface area contributed by atoms with E-state index in [9.17, 15) is 4.79 Å². The van der Waals surface area contributed by atoms with E-state index in [0.29, 0.717) is 6.54 Å². The lowest BCUT2D eigenvalue weighted by atomic mass is 10.3. The first-order valence-electron chi connectivity index (χ1n) is 5.93. The molecule has 0 spiro atoms. The lowest BCUT2D eigenvalue weighted by Crippen LogP contribution is -2.49. The smallest absolute Gasteiger partial charge is 0.231 e. The van der Waals surface area contributed by atoms with E-state index in [1.807, 2.05) is 12.5 Å². The SMILES string of the molecule is NC(=O)CN1CCN(CCn2ccnc2)CC1. The zero-order valence-electron chi connectivity index (χ0n) is 9.96. The first-order valence-corrected chi connectivity index (χ1v) is 5.93. The molecule has 6 nitrogen and oxygen atoms in total. The van der Waals surface area contributed by atoms with Crippen molar-refractivity contribution < 1.29 is 4.79 Å². The van der Waals surface area contributed by atoms with Gasteiger partial charge < -0.3 is 10.3 Å². The van der Waals surface area contributed by atoms with E-state index < -0.39 is 0 Å². The number of amides is 1. The summed E-state index contributed by atoms with van der Waals surface area (Å²) in [5.41, 5.74) is 5.18. The monoisotopic (exact) mass is 237 g/mol. The Morgan fingerprint density at radius 3 is 2.47 bits per heavy atom. The summed E-state index contributed by atoms with van der Waals surface area (Å²) in [7, 11) is 0. The van der Waals surface area contributed by atoms with Crippen LogP contribution in [0.4, 0.5) is 0 Å². The third kappa shape index (κ3) is 3.83. The fraction of sp³-hybridized carbons (Fsp3) is 0.636. The molecule has 94 valence electrons. The molecule has 1 aromatic rings. The highest BCUT2D eigenvalue weighted by molar-refractivity contribution is 5.75. The summed E-state index contributed by atoms with van der Waals surface area (Å²) in [6, 6.07) is 0. The normalized spacial score (nSPS) is 18.4.